The van der Waals surface area contributed by atoms with E-state index in [4.69, 9.17) is 5.73 Å². The van der Waals surface area contributed by atoms with Gasteiger partial charge in [-0.2, -0.15) is 0 Å². The number of nitrogens with one attached hydrogen (secondary N) is 2. The van der Waals surface area contributed by atoms with Crippen LogP contribution in [0.1, 0.15) is 37.0 Å². The quantitative estimate of drug-likeness (QED) is 0.569. The average molecular weight is 392 g/mol. The maximum Gasteiger partial charge on any atom is 0.251 e. The summed E-state index contributed by atoms with van der Waals surface area (Å²) in [6.07, 6.45) is 1.56. The number of benzene rings is 1. The van der Waals surface area contributed by atoms with Gasteiger partial charge in [0, 0.05) is 17.8 Å². The summed E-state index contributed by atoms with van der Waals surface area (Å²) in [6, 6.07) is 10.9. The molecule has 0 radical (unpaired) electrons. The number of hydrogen-bond donors (Lipinski definition) is 3. The van der Waals surface area contributed by atoms with Crippen LogP contribution in [0.5, 0.6) is 0 Å². The number of anilines is 1. The first-order valence-electron chi connectivity index (χ1n) is 8.60. The van der Waals surface area contributed by atoms with E-state index in [9.17, 15) is 9.59 Å². The van der Waals surface area contributed by atoms with Crippen molar-refractivity contribution in [2.45, 2.75) is 36.4 Å². The van der Waals surface area contributed by atoms with Crippen molar-refractivity contribution in [2.75, 3.05) is 17.6 Å². The molecule has 4 N–H and O–H groups in total. The Morgan fingerprint density at radius 1 is 1.15 bits per heavy atom. The number of thiophene rings is 1. The van der Waals surface area contributed by atoms with Crippen molar-refractivity contribution in [3.63, 3.8) is 0 Å². The van der Waals surface area contributed by atoms with E-state index in [0.717, 1.165) is 17.1 Å². The first-order valence-corrected chi connectivity index (χ1v) is 10.5. The number of amides is 2. The number of carbonyl (C=O) groups is 2. The van der Waals surface area contributed by atoms with Crippen LogP contribution >= 0.6 is 23.1 Å². The molecule has 0 saturated heterocycles. The van der Waals surface area contributed by atoms with Crippen LogP contribution in [-0.4, -0.2) is 29.7 Å². The average Bonchev–Trinajstić information content (AvgIpc) is 3.19. The molecule has 0 unspecified atom stereocenters. The minimum atomic E-state index is -0.372. The predicted molar refractivity (Wildman–Crippen MR) is 110 cm³/mol. The first-order chi connectivity index (χ1) is 12.5. The fourth-order valence-electron chi connectivity index (χ4n) is 2.46. The summed E-state index contributed by atoms with van der Waals surface area (Å²) in [6.45, 7) is 4.44. The monoisotopic (exact) mass is 391 g/mol. The molecule has 26 heavy (non-hydrogen) atoms. The molecule has 1 aromatic carbocycles. The van der Waals surface area contributed by atoms with Gasteiger partial charge >= 0.3 is 0 Å². The van der Waals surface area contributed by atoms with Gasteiger partial charge in [-0.05, 0) is 48.6 Å². The highest BCUT2D eigenvalue weighted by Crippen LogP contribution is 2.23. The summed E-state index contributed by atoms with van der Waals surface area (Å²) >= 11 is 3.12. The van der Waals surface area contributed by atoms with Gasteiger partial charge in [0.05, 0.1) is 15.5 Å². The van der Waals surface area contributed by atoms with Gasteiger partial charge < -0.3 is 16.4 Å². The Labute approximate surface area is 162 Å². The summed E-state index contributed by atoms with van der Waals surface area (Å²) in [5.74, 6) is 0.138. The van der Waals surface area contributed by atoms with Gasteiger partial charge in [-0.15, -0.1) is 23.1 Å². The Kier molecular flexibility index (Phi) is 7.68. The van der Waals surface area contributed by atoms with Crippen molar-refractivity contribution in [1.29, 1.82) is 0 Å². The van der Waals surface area contributed by atoms with E-state index in [-0.39, 0.29) is 17.4 Å². The predicted octanol–water partition coefficient (Wildman–Crippen LogP) is 3.73. The van der Waals surface area contributed by atoms with Gasteiger partial charge in [0.1, 0.15) is 0 Å². The molecule has 0 aliphatic heterocycles. The molecule has 1 heterocycles. The number of rotatable bonds is 9. The maximum atomic E-state index is 12.4. The number of carbonyl (C=O) groups excluding carboxylic acids is 2. The molecule has 0 bridgehead atoms. The normalized spacial score (nSPS) is 11.2. The van der Waals surface area contributed by atoms with E-state index in [0.29, 0.717) is 23.5 Å². The van der Waals surface area contributed by atoms with E-state index < -0.39 is 0 Å². The minimum Gasteiger partial charge on any atom is -0.345 e. The van der Waals surface area contributed by atoms with E-state index in [1.165, 1.54) is 11.8 Å². The van der Waals surface area contributed by atoms with Gasteiger partial charge in [-0.25, -0.2) is 0 Å². The molecular weight excluding hydrogens is 366 g/mol. The molecule has 0 aliphatic carbocycles. The van der Waals surface area contributed by atoms with Gasteiger partial charge in [0.2, 0.25) is 5.91 Å². The smallest absolute Gasteiger partial charge is 0.251 e. The van der Waals surface area contributed by atoms with E-state index in [2.05, 4.69) is 10.6 Å². The summed E-state index contributed by atoms with van der Waals surface area (Å²) in [5.41, 5.74) is 6.69. The topological polar surface area (TPSA) is 84.2 Å². The lowest BCUT2D eigenvalue weighted by molar-refractivity contribution is -0.113. The molecule has 7 heteroatoms. The fourth-order valence-corrected chi connectivity index (χ4v) is 4.05. The van der Waals surface area contributed by atoms with Crippen molar-refractivity contribution >= 4 is 40.6 Å². The highest BCUT2D eigenvalue weighted by molar-refractivity contribution is 8.01. The molecule has 0 aliphatic rings. The summed E-state index contributed by atoms with van der Waals surface area (Å²) in [7, 11) is 0. The van der Waals surface area contributed by atoms with Crippen LogP contribution < -0.4 is 16.4 Å². The van der Waals surface area contributed by atoms with Crippen molar-refractivity contribution in [2.24, 2.45) is 5.73 Å². The lowest BCUT2D eigenvalue weighted by atomic mass is 9.92. The van der Waals surface area contributed by atoms with Crippen molar-refractivity contribution in [1.82, 2.24) is 5.32 Å². The molecule has 0 spiro atoms. The summed E-state index contributed by atoms with van der Waals surface area (Å²) in [4.78, 5) is 24.5. The highest BCUT2D eigenvalue weighted by Gasteiger charge is 2.26. The van der Waals surface area contributed by atoms with Crippen LogP contribution in [0.15, 0.2) is 46.0 Å². The van der Waals surface area contributed by atoms with Crippen molar-refractivity contribution < 1.29 is 9.59 Å². The van der Waals surface area contributed by atoms with E-state index in [1.54, 1.807) is 35.6 Å². The van der Waals surface area contributed by atoms with Gasteiger partial charge in [-0.1, -0.05) is 19.9 Å². The number of nitrogens with two attached hydrogens (primary N) is 1. The minimum absolute atomic E-state index is 0.0697. The molecular formula is C19H25N3O2S2. The Morgan fingerprint density at radius 3 is 2.38 bits per heavy atom. The Bertz CT molecular complexity index is 703. The van der Waals surface area contributed by atoms with Crippen molar-refractivity contribution in [3.8, 4) is 0 Å². The Balaban J connectivity index is 1.90. The van der Waals surface area contributed by atoms with Crippen LogP contribution in [0.25, 0.3) is 0 Å². The number of hydrogen-bond acceptors (Lipinski definition) is 5. The Hall–Kier alpha value is -1.83. The summed E-state index contributed by atoms with van der Waals surface area (Å²) < 4.78 is 1.11. The second kappa shape index (κ2) is 9.75. The largest absolute Gasteiger partial charge is 0.345 e. The first kappa shape index (κ1) is 20.5. The van der Waals surface area contributed by atoms with E-state index in [1.807, 2.05) is 31.4 Å². The molecule has 140 valence electrons. The molecule has 2 amide bonds. The zero-order valence-corrected chi connectivity index (χ0v) is 16.7. The zero-order valence-electron chi connectivity index (χ0n) is 15.1. The molecule has 1 aromatic heterocycles. The maximum absolute atomic E-state index is 12.4. The SMILES string of the molecule is CCC(CC)(CN)NC(=O)c1ccc(NC(=O)CSc2cccs2)cc1. The van der Waals surface area contributed by atoms with Crippen LogP contribution in [0, 0.1) is 0 Å². The van der Waals surface area contributed by atoms with Gasteiger partial charge in [0.15, 0.2) is 0 Å². The zero-order chi connectivity index (χ0) is 19.0. The fraction of sp³-hybridized carbons (Fsp3) is 0.368. The highest BCUT2D eigenvalue weighted by atomic mass is 32.2. The third kappa shape index (κ3) is 5.59. The van der Waals surface area contributed by atoms with Crippen LogP contribution in [0.2, 0.25) is 0 Å². The summed E-state index contributed by atoms with van der Waals surface area (Å²) in [5, 5.41) is 7.87. The Morgan fingerprint density at radius 2 is 1.85 bits per heavy atom. The molecule has 0 atom stereocenters. The van der Waals surface area contributed by atoms with Crippen LogP contribution in [-0.2, 0) is 4.79 Å². The van der Waals surface area contributed by atoms with Crippen LogP contribution in [0.3, 0.4) is 0 Å². The lowest BCUT2D eigenvalue weighted by Crippen LogP contribution is -2.52. The third-order valence-corrected chi connectivity index (χ3v) is 6.53. The van der Waals surface area contributed by atoms with Crippen LogP contribution in [0.4, 0.5) is 5.69 Å². The molecule has 5 nitrogen and oxygen atoms in total. The van der Waals surface area contributed by atoms with Gasteiger partial charge in [-0.3, -0.25) is 9.59 Å². The lowest BCUT2D eigenvalue weighted by Gasteiger charge is -2.31. The molecule has 0 fully saturated rings. The van der Waals surface area contributed by atoms with Gasteiger partial charge in [0.25, 0.3) is 5.91 Å². The third-order valence-electron chi connectivity index (χ3n) is 4.39. The molecule has 0 saturated carbocycles. The molecule has 2 aromatic rings. The standard InChI is InChI=1S/C19H25N3O2S2/c1-3-19(4-2,13-20)22-18(24)14-7-9-15(10-8-14)21-16(23)12-26-17-6-5-11-25-17/h5-11H,3-4,12-13,20H2,1-2H3,(H,21,23)(H,22,24). The number of thioether (sulfide) groups is 1. The molecule has 2 rings (SSSR count). The van der Waals surface area contributed by atoms with Crippen molar-refractivity contribution in [3.05, 3.63) is 47.3 Å². The second-order valence-corrected chi connectivity index (χ2v) is 8.22. The van der Waals surface area contributed by atoms with E-state index >= 15 is 0 Å². The second-order valence-electron chi connectivity index (χ2n) is 5.99.